The van der Waals surface area contributed by atoms with Crippen molar-refractivity contribution >= 4 is 22.9 Å². The molecule has 0 fully saturated rings. The lowest BCUT2D eigenvalue weighted by Crippen LogP contribution is -2.26. The number of rotatable bonds is 2. The molecule has 0 N–H and O–H groups in total. The van der Waals surface area contributed by atoms with Crippen molar-refractivity contribution in [1.82, 2.24) is 19.1 Å². The Kier molecular flexibility index (Phi) is 3.07. The van der Waals surface area contributed by atoms with Crippen LogP contribution in [0.15, 0.2) is 40.3 Å². The number of aromatic nitrogens is 4. The molecule has 112 valence electrons. The van der Waals surface area contributed by atoms with E-state index < -0.39 is 0 Å². The summed E-state index contributed by atoms with van der Waals surface area (Å²) in [5, 5.41) is 0.770. The van der Waals surface area contributed by atoms with Gasteiger partial charge in [-0.15, -0.1) is 0 Å². The average molecular weight is 312 g/mol. The van der Waals surface area contributed by atoms with Crippen LogP contribution in [0.5, 0.6) is 0 Å². The first-order valence-electron chi connectivity index (χ1n) is 7.36. The Morgan fingerprint density at radius 2 is 2.05 bits per heavy atom. The number of benzene rings is 1. The molecule has 3 heterocycles. The maximum absolute atomic E-state index is 13.0. The van der Waals surface area contributed by atoms with Gasteiger partial charge in [-0.3, -0.25) is 9.36 Å². The van der Waals surface area contributed by atoms with Crippen LogP contribution in [0.4, 0.5) is 0 Å². The maximum Gasteiger partial charge on any atom is 0.281 e. The standard InChI is InChI=1S/C16H16N4OS/c1-3-12-17-14-13(19(12)2)15(21)20-11(9-22-16(20)18-14)10-7-5-4-6-8-10/h4-8,11H,3,9H2,1-2H3. The molecule has 2 aromatic heterocycles. The van der Waals surface area contributed by atoms with Gasteiger partial charge >= 0.3 is 0 Å². The number of hydrogen-bond donors (Lipinski definition) is 0. The van der Waals surface area contributed by atoms with Crippen molar-refractivity contribution < 1.29 is 0 Å². The highest BCUT2D eigenvalue weighted by Gasteiger charge is 2.29. The third kappa shape index (κ3) is 1.83. The van der Waals surface area contributed by atoms with Gasteiger partial charge in [-0.05, 0) is 5.56 Å². The Hall–Kier alpha value is -2.08. The number of thioether (sulfide) groups is 1. The first-order valence-corrected chi connectivity index (χ1v) is 8.35. The Labute approximate surface area is 132 Å². The maximum atomic E-state index is 13.0. The number of aryl methyl sites for hydroxylation is 2. The van der Waals surface area contributed by atoms with Gasteiger partial charge in [0.15, 0.2) is 16.3 Å². The molecule has 3 aromatic rings. The van der Waals surface area contributed by atoms with Crippen molar-refractivity contribution in [2.24, 2.45) is 7.05 Å². The van der Waals surface area contributed by atoms with Crippen LogP contribution in [0.2, 0.25) is 0 Å². The van der Waals surface area contributed by atoms with Crippen LogP contribution in [0.3, 0.4) is 0 Å². The molecular formula is C16H16N4OS. The molecule has 6 heteroatoms. The molecule has 0 saturated heterocycles. The number of nitrogens with zero attached hydrogens (tertiary/aromatic N) is 4. The fourth-order valence-electron chi connectivity index (χ4n) is 3.03. The van der Waals surface area contributed by atoms with Crippen LogP contribution in [-0.2, 0) is 13.5 Å². The van der Waals surface area contributed by atoms with Gasteiger partial charge in [0, 0.05) is 19.2 Å². The minimum atomic E-state index is 0.00792. The van der Waals surface area contributed by atoms with E-state index in [0.29, 0.717) is 11.2 Å². The van der Waals surface area contributed by atoms with Crippen LogP contribution < -0.4 is 5.56 Å². The topological polar surface area (TPSA) is 52.7 Å². The van der Waals surface area contributed by atoms with Crippen LogP contribution in [-0.4, -0.2) is 24.9 Å². The summed E-state index contributed by atoms with van der Waals surface area (Å²) in [5.41, 5.74) is 2.32. The molecule has 0 bridgehead atoms. The van der Waals surface area contributed by atoms with Crippen molar-refractivity contribution in [2.45, 2.75) is 24.5 Å². The lowest BCUT2D eigenvalue weighted by molar-refractivity contribution is 0.578. The van der Waals surface area contributed by atoms with Crippen molar-refractivity contribution in [1.29, 1.82) is 0 Å². The molecule has 22 heavy (non-hydrogen) atoms. The van der Waals surface area contributed by atoms with E-state index in [9.17, 15) is 4.79 Å². The van der Waals surface area contributed by atoms with Gasteiger partial charge in [0.05, 0.1) is 6.04 Å². The van der Waals surface area contributed by atoms with Crippen molar-refractivity contribution in [3.63, 3.8) is 0 Å². The van der Waals surface area contributed by atoms with Crippen LogP contribution in [0.1, 0.15) is 24.4 Å². The minimum absolute atomic E-state index is 0.00792. The third-order valence-electron chi connectivity index (χ3n) is 4.18. The molecule has 0 radical (unpaired) electrons. The monoisotopic (exact) mass is 312 g/mol. The summed E-state index contributed by atoms with van der Waals surface area (Å²) in [6.07, 6.45) is 0.789. The van der Waals surface area contributed by atoms with Gasteiger partial charge in [-0.25, -0.2) is 9.97 Å². The molecular weight excluding hydrogens is 296 g/mol. The highest BCUT2D eigenvalue weighted by atomic mass is 32.2. The van der Waals surface area contributed by atoms with Gasteiger partial charge in [0.25, 0.3) is 5.56 Å². The molecule has 0 amide bonds. The Bertz CT molecular complexity index is 913. The molecule has 1 unspecified atom stereocenters. The van der Waals surface area contributed by atoms with E-state index in [-0.39, 0.29) is 11.6 Å². The Balaban J connectivity index is 1.98. The second kappa shape index (κ2) is 4.98. The zero-order valence-corrected chi connectivity index (χ0v) is 13.3. The lowest BCUT2D eigenvalue weighted by Gasteiger charge is -2.13. The second-order valence-corrected chi connectivity index (χ2v) is 6.41. The SMILES string of the molecule is CCc1nc2nc3n(c(=O)c2n1C)C(c1ccccc1)CS3. The number of imidazole rings is 1. The van der Waals surface area contributed by atoms with Crippen LogP contribution in [0, 0.1) is 0 Å². The molecule has 1 aliphatic rings. The van der Waals surface area contributed by atoms with Gasteiger partial charge < -0.3 is 4.57 Å². The van der Waals surface area contributed by atoms with Crippen LogP contribution >= 0.6 is 11.8 Å². The highest BCUT2D eigenvalue weighted by molar-refractivity contribution is 7.99. The summed E-state index contributed by atoms with van der Waals surface area (Å²) in [6.45, 7) is 2.04. The quantitative estimate of drug-likeness (QED) is 0.682. The van der Waals surface area contributed by atoms with E-state index in [1.165, 1.54) is 0 Å². The summed E-state index contributed by atoms with van der Waals surface area (Å²) in [7, 11) is 1.89. The first-order chi connectivity index (χ1) is 10.7. The molecule has 1 aliphatic heterocycles. The molecule has 1 atom stereocenters. The second-order valence-electron chi connectivity index (χ2n) is 5.42. The normalized spacial score (nSPS) is 17.1. The molecule has 1 aromatic carbocycles. The average Bonchev–Trinajstić information content (AvgIpc) is 3.10. The highest BCUT2D eigenvalue weighted by Crippen LogP contribution is 2.35. The predicted octanol–water partition coefficient (Wildman–Crippen LogP) is 2.39. The molecule has 0 spiro atoms. The van der Waals surface area contributed by atoms with E-state index in [1.807, 2.05) is 41.3 Å². The minimum Gasteiger partial charge on any atom is -0.325 e. The van der Waals surface area contributed by atoms with Crippen molar-refractivity contribution in [2.75, 3.05) is 5.75 Å². The summed E-state index contributed by atoms with van der Waals surface area (Å²) in [5.74, 6) is 1.73. The predicted molar refractivity (Wildman–Crippen MR) is 87.5 cm³/mol. The smallest absolute Gasteiger partial charge is 0.281 e. The molecule has 4 rings (SSSR count). The van der Waals surface area contributed by atoms with Gasteiger partial charge in [-0.1, -0.05) is 49.0 Å². The van der Waals surface area contributed by atoms with Gasteiger partial charge in [-0.2, -0.15) is 0 Å². The fraction of sp³-hybridized carbons (Fsp3) is 0.312. The van der Waals surface area contributed by atoms with E-state index in [2.05, 4.69) is 22.1 Å². The van der Waals surface area contributed by atoms with Crippen molar-refractivity contribution in [3.8, 4) is 0 Å². The Morgan fingerprint density at radius 3 is 2.77 bits per heavy atom. The zero-order valence-electron chi connectivity index (χ0n) is 12.5. The Morgan fingerprint density at radius 1 is 1.27 bits per heavy atom. The first kappa shape index (κ1) is 13.6. The van der Waals surface area contributed by atoms with Crippen molar-refractivity contribution in [3.05, 3.63) is 52.1 Å². The molecule has 5 nitrogen and oxygen atoms in total. The summed E-state index contributed by atoms with van der Waals surface area (Å²) in [6, 6.07) is 10.2. The van der Waals surface area contributed by atoms with E-state index in [4.69, 9.17) is 0 Å². The molecule has 0 aliphatic carbocycles. The fourth-order valence-corrected chi connectivity index (χ4v) is 4.18. The summed E-state index contributed by atoms with van der Waals surface area (Å²) < 4.78 is 3.70. The van der Waals surface area contributed by atoms with Gasteiger partial charge in [0.2, 0.25) is 0 Å². The summed E-state index contributed by atoms with van der Waals surface area (Å²) in [4.78, 5) is 22.1. The lowest BCUT2D eigenvalue weighted by atomic mass is 10.1. The van der Waals surface area contributed by atoms with Crippen LogP contribution in [0.25, 0.3) is 11.2 Å². The third-order valence-corrected chi connectivity index (χ3v) is 5.21. The largest absolute Gasteiger partial charge is 0.325 e. The van der Waals surface area contributed by atoms with E-state index in [1.54, 1.807) is 11.8 Å². The molecule has 0 saturated carbocycles. The zero-order chi connectivity index (χ0) is 15.3. The van der Waals surface area contributed by atoms with E-state index >= 15 is 0 Å². The number of fused-ring (bicyclic) bond motifs is 2. The van der Waals surface area contributed by atoms with E-state index in [0.717, 1.165) is 28.7 Å². The number of hydrogen-bond acceptors (Lipinski definition) is 4. The van der Waals surface area contributed by atoms with Gasteiger partial charge in [0.1, 0.15) is 5.82 Å². The summed E-state index contributed by atoms with van der Waals surface area (Å²) >= 11 is 1.63.